The zero-order valence-electron chi connectivity index (χ0n) is 9.25. The second kappa shape index (κ2) is 3.39. The van der Waals surface area contributed by atoms with Crippen molar-refractivity contribution in [2.45, 2.75) is 0 Å². The molecule has 0 unspecified atom stereocenters. The number of anilines is 1. The van der Waals surface area contributed by atoms with E-state index in [2.05, 4.69) is 15.0 Å². The van der Waals surface area contributed by atoms with Crippen LogP contribution in [-0.2, 0) is 4.74 Å². The first kappa shape index (κ1) is 9.78. The summed E-state index contributed by atoms with van der Waals surface area (Å²) in [6, 6.07) is 0. The van der Waals surface area contributed by atoms with Gasteiger partial charge in [0, 0.05) is 16.8 Å². The fourth-order valence-corrected chi connectivity index (χ4v) is 3.19. The van der Waals surface area contributed by atoms with Gasteiger partial charge in [0.2, 0.25) is 0 Å². The summed E-state index contributed by atoms with van der Waals surface area (Å²) in [5, 5.41) is 3.14. The molecule has 18 heavy (non-hydrogen) atoms. The van der Waals surface area contributed by atoms with Gasteiger partial charge in [0.1, 0.15) is 23.6 Å². The zero-order chi connectivity index (χ0) is 12.1. The maximum Gasteiger partial charge on any atom is 0.144 e. The van der Waals surface area contributed by atoms with E-state index in [1.807, 2.05) is 12.3 Å². The molecule has 6 heteroatoms. The third kappa shape index (κ3) is 1.18. The summed E-state index contributed by atoms with van der Waals surface area (Å²) in [6.07, 6.45) is 7.08. The molecule has 4 heterocycles. The second-order valence-electron chi connectivity index (χ2n) is 4.00. The molecular weight excluding hydrogens is 248 g/mol. The fourth-order valence-electron chi connectivity index (χ4n) is 2.17. The first-order chi connectivity index (χ1) is 8.84. The lowest BCUT2D eigenvalue weighted by atomic mass is 10.2. The maximum absolute atomic E-state index is 5.88. The maximum atomic E-state index is 5.88. The SMILES string of the molecule is Nc1ncnc2c1sc1ncc3c(c12)=CCOC=3. The summed E-state index contributed by atoms with van der Waals surface area (Å²) in [7, 11) is 0. The summed E-state index contributed by atoms with van der Waals surface area (Å²) in [6.45, 7) is 0.573. The van der Waals surface area contributed by atoms with E-state index in [9.17, 15) is 0 Å². The van der Waals surface area contributed by atoms with E-state index in [1.165, 1.54) is 17.7 Å². The zero-order valence-corrected chi connectivity index (χ0v) is 10.1. The lowest BCUT2D eigenvalue weighted by Crippen LogP contribution is -2.29. The molecule has 0 aromatic carbocycles. The third-order valence-corrected chi connectivity index (χ3v) is 4.09. The van der Waals surface area contributed by atoms with Gasteiger partial charge < -0.3 is 10.5 Å². The molecule has 0 saturated carbocycles. The summed E-state index contributed by atoms with van der Waals surface area (Å²) in [4.78, 5) is 13.7. The molecule has 1 aliphatic heterocycles. The molecule has 0 fully saturated rings. The number of hydrogen-bond donors (Lipinski definition) is 1. The van der Waals surface area contributed by atoms with Crippen LogP contribution in [0.1, 0.15) is 0 Å². The Kier molecular flexibility index (Phi) is 1.84. The lowest BCUT2D eigenvalue weighted by molar-refractivity contribution is 0.346. The molecule has 4 rings (SSSR count). The number of nitrogen functional groups attached to an aromatic ring is 1. The Morgan fingerprint density at radius 2 is 2.22 bits per heavy atom. The van der Waals surface area contributed by atoms with Crippen molar-refractivity contribution in [2.75, 3.05) is 12.3 Å². The molecule has 0 radical (unpaired) electrons. The first-order valence-corrected chi connectivity index (χ1v) is 6.26. The normalized spacial score (nSPS) is 13.8. The van der Waals surface area contributed by atoms with Gasteiger partial charge >= 0.3 is 0 Å². The number of nitrogens with zero attached hydrogens (tertiary/aromatic N) is 3. The molecule has 0 spiro atoms. The number of rotatable bonds is 0. The van der Waals surface area contributed by atoms with Crippen molar-refractivity contribution in [1.29, 1.82) is 0 Å². The molecule has 3 aromatic rings. The Morgan fingerprint density at radius 1 is 1.28 bits per heavy atom. The summed E-state index contributed by atoms with van der Waals surface area (Å²) in [5.74, 6) is 0.507. The number of pyridine rings is 1. The van der Waals surface area contributed by atoms with Gasteiger partial charge in [0.05, 0.1) is 16.5 Å². The van der Waals surface area contributed by atoms with Crippen molar-refractivity contribution in [3.63, 3.8) is 0 Å². The van der Waals surface area contributed by atoms with E-state index < -0.39 is 0 Å². The van der Waals surface area contributed by atoms with Crippen molar-refractivity contribution in [3.05, 3.63) is 23.0 Å². The molecule has 0 amide bonds. The van der Waals surface area contributed by atoms with Crippen LogP contribution in [0.4, 0.5) is 5.82 Å². The van der Waals surface area contributed by atoms with Crippen molar-refractivity contribution in [2.24, 2.45) is 0 Å². The quantitative estimate of drug-likeness (QED) is 0.629. The molecule has 0 saturated heterocycles. The van der Waals surface area contributed by atoms with Gasteiger partial charge in [-0.25, -0.2) is 15.0 Å². The molecule has 88 valence electrons. The minimum Gasteiger partial charge on any atom is -0.496 e. The third-order valence-electron chi connectivity index (χ3n) is 2.98. The molecule has 5 nitrogen and oxygen atoms in total. The minimum absolute atomic E-state index is 0.507. The van der Waals surface area contributed by atoms with Crippen LogP contribution < -0.4 is 16.2 Å². The molecule has 0 aliphatic carbocycles. The van der Waals surface area contributed by atoms with E-state index in [1.54, 1.807) is 6.26 Å². The molecule has 2 N–H and O–H groups in total. The van der Waals surface area contributed by atoms with E-state index in [0.29, 0.717) is 12.4 Å². The smallest absolute Gasteiger partial charge is 0.144 e. The molecular formula is C12H8N4OS. The summed E-state index contributed by atoms with van der Waals surface area (Å²) >= 11 is 1.53. The summed E-state index contributed by atoms with van der Waals surface area (Å²) < 4.78 is 6.18. The van der Waals surface area contributed by atoms with Gasteiger partial charge in [-0.15, -0.1) is 11.3 Å². The summed E-state index contributed by atoms with van der Waals surface area (Å²) in [5.41, 5.74) is 6.76. The molecule has 0 bridgehead atoms. The lowest BCUT2D eigenvalue weighted by Gasteiger charge is -2.02. The number of fused-ring (bicyclic) bond motifs is 5. The van der Waals surface area contributed by atoms with E-state index in [-0.39, 0.29) is 0 Å². The van der Waals surface area contributed by atoms with Crippen molar-refractivity contribution >= 4 is 49.9 Å². The highest BCUT2D eigenvalue weighted by atomic mass is 32.1. The van der Waals surface area contributed by atoms with Crippen LogP contribution in [0.2, 0.25) is 0 Å². The van der Waals surface area contributed by atoms with Crippen LogP contribution in [0, 0.1) is 0 Å². The Bertz CT molecular complexity index is 900. The Labute approximate surface area is 105 Å². The Balaban J connectivity index is 2.37. The van der Waals surface area contributed by atoms with Gasteiger partial charge in [-0.3, -0.25) is 0 Å². The molecule has 0 atom stereocenters. The number of aromatic nitrogens is 3. The van der Waals surface area contributed by atoms with Gasteiger partial charge in [0.25, 0.3) is 0 Å². The van der Waals surface area contributed by atoms with Gasteiger partial charge in [-0.2, -0.15) is 0 Å². The van der Waals surface area contributed by atoms with Gasteiger partial charge in [-0.1, -0.05) is 0 Å². The fraction of sp³-hybridized carbons (Fsp3) is 0.0833. The molecule has 3 aromatic heterocycles. The number of ether oxygens (including phenoxy) is 1. The van der Waals surface area contributed by atoms with Crippen LogP contribution in [0.15, 0.2) is 12.5 Å². The van der Waals surface area contributed by atoms with Crippen molar-refractivity contribution in [3.8, 4) is 0 Å². The van der Waals surface area contributed by atoms with Gasteiger partial charge in [-0.05, 0) is 11.3 Å². The highest BCUT2D eigenvalue weighted by Gasteiger charge is 2.12. The van der Waals surface area contributed by atoms with E-state index in [0.717, 1.165) is 30.9 Å². The van der Waals surface area contributed by atoms with Gasteiger partial charge in [0.15, 0.2) is 0 Å². The number of nitrogens with two attached hydrogens (primary N) is 1. The first-order valence-electron chi connectivity index (χ1n) is 5.44. The highest BCUT2D eigenvalue weighted by molar-refractivity contribution is 7.25. The standard InChI is InChI=1S/C12H8N4OS/c13-11-10-9(15-5-16-11)8-7-1-2-17-4-6(7)3-14-12(8)18-10/h1,3-5H,2H2,(H2,13,15,16). The predicted octanol–water partition coefficient (Wildman–Crippen LogP) is 0.370. The Morgan fingerprint density at radius 3 is 3.17 bits per heavy atom. The molecule has 1 aliphatic rings. The van der Waals surface area contributed by atoms with Crippen LogP contribution in [0.3, 0.4) is 0 Å². The predicted molar refractivity (Wildman–Crippen MR) is 71.3 cm³/mol. The Hall–Kier alpha value is -2.21. The van der Waals surface area contributed by atoms with E-state index in [4.69, 9.17) is 10.5 Å². The number of hydrogen-bond acceptors (Lipinski definition) is 6. The second-order valence-corrected chi connectivity index (χ2v) is 5.00. The van der Waals surface area contributed by atoms with E-state index >= 15 is 0 Å². The van der Waals surface area contributed by atoms with Crippen molar-refractivity contribution < 1.29 is 4.74 Å². The van der Waals surface area contributed by atoms with Crippen LogP contribution in [-0.4, -0.2) is 21.6 Å². The topological polar surface area (TPSA) is 73.9 Å². The highest BCUT2D eigenvalue weighted by Crippen LogP contribution is 2.30. The average molecular weight is 256 g/mol. The van der Waals surface area contributed by atoms with Crippen molar-refractivity contribution in [1.82, 2.24) is 15.0 Å². The average Bonchev–Trinajstić information content (AvgIpc) is 2.79. The largest absolute Gasteiger partial charge is 0.496 e. The van der Waals surface area contributed by atoms with Crippen LogP contribution in [0.5, 0.6) is 0 Å². The number of thiophene rings is 1. The van der Waals surface area contributed by atoms with Crippen LogP contribution in [0.25, 0.3) is 32.8 Å². The minimum atomic E-state index is 0.507. The van der Waals surface area contributed by atoms with Crippen LogP contribution >= 0.6 is 11.3 Å². The monoisotopic (exact) mass is 256 g/mol.